The van der Waals surface area contributed by atoms with Crippen LogP contribution in [0.3, 0.4) is 0 Å². The molecule has 0 radical (unpaired) electrons. The van der Waals surface area contributed by atoms with Crippen molar-refractivity contribution in [1.82, 2.24) is 4.98 Å². The summed E-state index contributed by atoms with van der Waals surface area (Å²) in [5.41, 5.74) is 9.57. The number of hydrogen-bond donors (Lipinski definition) is 1. The van der Waals surface area contributed by atoms with Crippen LogP contribution in [-0.4, -0.2) is 16.8 Å². The summed E-state index contributed by atoms with van der Waals surface area (Å²) in [6.45, 7) is 0. The lowest BCUT2D eigenvalue weighted by Gasteiger charge is -2.35. The van der Waals surface area contributed by atoms with E-state index in [0.717, 1.165) is 32.9 Å². The van der Waals surface area contributed by atoms with Crippen molar-refractivity contribution < 1.29 is 13.6 Å². The molecule has 4 rings (SSSR count). The fraction of sp³-hybridized carbons (Fsp3) is 0.280. The highest BCUT2D eigenvalue weighted by molar-refractivity contribution is 7.98. The van der Waals surface area contributed by atoms with Crippen molar-refractivity contribution in [1.29, 1.82) is 0 Å². The van der Waals surface area contributed by atoms with Gasteiger partial charge in [0.1, 0.15) is 0 Å². The van der Waals surface area contributed by atoms with Crippen LogP contribution < -0.4 is 5.73 Å². The number of pyridine rings is 1. The highest BCUT2D eigenvalue weighted by Crippen LogP contribution is 2.47. The third-order valence-corrected chi connectivity index (χ3v) is 6.93. The fourth-order valence-corrected chi connectivity index (χ4v) is 5.10. The molecule has 0 bridgehead atoms. The molecule has 0 saturated heterocycles. The van der Waals surface area contributed by atoms with Crippen molar-refractivity contribution in [3.05, 3.63) is 84.2 Å². The average Bonchev–Trinajstić information content (AvgIpc) is 2.78. The molecule has 1 amide bonds. The number of nitrogens with zero attached hydrogens (tertiary/aromatic N) is 1. The number of carbonyl (C=O) groups excluding carboxylic acids is 1. The topological polar surface area (TPSA) is 56.0 Å². The summed E-state index contributed by atoms with van der Waals surface area (Å²) in [5.74, 6) is -3.81. The smallest absolute Gasteiger partial charge is 0.249 e. The van der Waals surface area contributed by atoms with E-state index in [1.54, 1.807) is 18.0 Å². The van der Waals surface area contributed by atoms with Crippen LogP contribution in [0.25, 0.3) is 11.1 Å². The molecule has 2 N–H and O–H groups in total. The number of primary amides is 1. The number of halogens is 2. The van der Waals surface area contributed by atoms with E-state index in [2.05, 4.69) is 17.1 Å². The number of rotatable bonds is 6. The van der Waals surface area contributed by atoms with Gasteiger partial charge in [-0.2, -0.15) is 0 Å². The monoisotopic (exact) mass is 438 g/mol. The van der Waals surface area contributed by atoms with Gasteiger partial charge in [0.25, 0.3) is 0 Å². The maximum Gasteiger partial charge on any atom is 0.249 e. The first kappa shape index (κ1) is 21.5. The lowest BCUT2D eigenvalue weighted by molar-refractivity contribution is -0.130. The molecule has 1 fully saturated rings. The number of carbonyl (C=O) groups is 1. The van der Waals surface area contributed by atoms with Crippen molar-refractivity contribution >= 4 is 17.7 Å². The molecule has 2 unspecified atom stereocenters. The SMILES string of the molecule is NC(=O)C1CC(F)(F)CCC1c1ccccc1-c1ccc(SCc2cccnc2)cc1. The van der Waals surface area contributed by atoms with E-state index in [0.29, 0.717) is 0 Å². The van der Waals surface area contributed by atoms with Crippen LogP contribution in [0.1, 0.15) is 36.3 Å². The van der Waals surface area contributed by atoms with Crippen molar-refractivity contribution in [3.63, 3.8) is 0 Å². The first-order valence-corrected chi connectivity index (χ1v) is 11.3. The standard InChI is InChI=1S/C25H24F2N2OS/c26-25(27)12-11-22(23(14-25)24(28)30)21-6-2-1-5-20(21)18-7-9-19(10-8-18)31-16-17-4-3-13-29-15-17/h1-10,13,15,22-23H,11-12,14,16H2,(H2,28,30). The minimum absolute atomic E-state index is 0.223. The molecule has 1 heterocycles. The lowest BCUT2D eigenvalue weighted by Crippen LogP contribution is -2.39. The van der Waals surface area contributed by atoms with Crippen LogP contribution in [0, 0.1) is 5.92 Å². The summed E-state index contributed by atoms with van der Waals surface area (Å²) in [4.78, 5) is 17.3. The number of thioether (sulfide) groups is 1. The van der Waals surface area contributed by atoms with Crippen molar-refractivity contribution in [2.75, 3.05) is 0 Å². The molecule has 6 heteroatoms. The second-order valence-corrected chi connectivity index (χ2v) is 9.02. The zero-order valence-electron chi connectivity index (χ0n) is 17.0. The van der Waals surface area contributed by atoms with Crippen LogP contribution in [0.2, 0.25) is 0 Å². The van der Waals surface area contributed by atoms with Gasteiger partial charge >= 0.3 is 0 Å². The molecule has 1 aliphatic carbocycles. The predicted octanol–water partition coefficient (Wildman–Crippen LogP) is 6.05. The fourth-order valence-electron chi connectivity index (χ4n) is 4.27. The number of aromatic nitrogens is 1. The number of amides is 1. The van der Waals surface area contributed by atoms with E-state index in [1.807, 2.05) is 54.7 Å². The summed E-state index contributed by atoms with van der Waals surface area (Å²) < 4.78 is 27.9. The highest BCUT2D eigenvalue weighted by Gasteiger charge is 2.44. The van der Waals surface area contributed by atoms with Crippen LogP contribution >= 0.6 is 11.8 Å². The average molecular weight is 439 g/mol. The summed E-state index contributed by atoms with van der Waals surface area (Å²) >= 11 is 1.73. The van der Waals surface area contributed by atoms with Crippen LogP contribution in [-0.2, 0) is 10.5 Å². The number of benzene rings is 2. The van der Waals surface area contributed by atoms with Crippen LogP contribution in [0.15, 0.2) is 78.0 Å². The first-order chi connectivity index (χ1) is 14.9. The van der Waals surface area contributed by atoms with Gasteiger partial charge in [-0.1, -0.05) is 42.5 Å². The van der Waals surface area contributed by atoms with E-state index in [9.17, 15) is 13.6 Å². The Balaban J connectivity index is 1.56. The van der Waals surface area contributed by atoms with E-state index in [1.165, 1.54) is 0 Å². The van der Waals surface area contributed by atoms with Gasteiger partial charge in [-0.15, -0.1) is 11.8 Å². The zero-order valence-corrected chi connectivity index (χ0v) is 17.8. The van der Waals surface area contributed by atoms with Crippen molar-refractivity contribution in [2.45, 2.75) is 41.8 Å². The highest BCUT2D eigenvalue weighted by atomic mass is 32.2. The van der Waals surface area contributed by atoms with Gasteiger partial charge in [0, 0.05) is 35.9 Å². The molecule has 31 heavy (non-hydrogen) atoms. The van der Waals surface area contributed by atoms with Gasteiger partial charge in [0.15, 0.2) is 0 Å². The Labute approximate surface area is 185 Å². The Hall–Kier alpha value is -2.73. The molecular formula is C25H24F2N2OS. The van der Waals surface area contributed by atoms with E-state index in [4.69, 9.17) is 5.73 Å². The maximum absolute atomic E-state index is 14.0. The Kier molecular flexibility index (Phi) is 6.37. The molecule has 2 atom stereocenters. The van der Waals surface area contributed by atoms with Gasteiger partial charge in [-0.25, -0.2) is 8.78 Å². The molecule has 1 saturated carbocycles. The van der Waals surface area contributed by atoms with Gasteiger partial charge in [-0.05, 0) is 52.8 Å². The molecule has 160 valence electrons. The Morgan fingerprint density at radius 1 is 1.10 bits per heavy atom. The Morgan fingerprint density at radius 3 is 2.58 bits per heavy atom. The third-order valence-electron chi connectivity index (χ3n) is 5.84. The lowest BCUT2D eigenvalue weighted by atomic mass is 9.72. The van der Waals surface area contributed by atoms with E-state index < -0.39 is 24.2 Å². The Bertz CT molecular complexity index is 1040. The molecule has 1 aliphatic rings. The van der Waals surface area contributed by atoms with E-state index >= 15 is 0 Å². The van der Waals surface area contributed by atoms with E-state index in [-0.39, 0.29) is 18.8 Å². The molecule has 3 aromatic rings. The minimum Gasteiger partial charge on any atom is -0.369 e. The third kappa shape index (κ3) is 5.13. The molecular weight excluding hydrogens is 414 g/mol. The Morgan fingerprint density at radius 2 is 1.87 bits per heavy atom. The molecule has 3 nitrogen and oxygen atoms in total. The number of nitrogens with two attached hydrogens (primary N) is 1. The molecule has 0 spiro atoms. The molecule has 0 aliphatic heterocycles. The van der Waals surface area contributed by atoms with Crippen LogP contribution in [0.4, 0.5) is 8.78 Å². The van der Waals surface area contributed by atoms with Crippen molar-refractivity contribution in [3.8, 4) is 11.1 Å². The predicted molar refractivity (Wildman–Crippen MR) is 120 cm³/mol. The van der Waals surface area contributed by atoms with Crippen molar-refractivity contribution in [2.24, 2.45) is 11.7 Å². The zero-order chi connectivity index (χ0) is 21.8. The summed E-state index contributed by atoms with van der Waals surface area (Å²) in [7, 11) is 0. The summed E-state index contributed by atoms with van der Waals surface area (Å²) in [6.07, 6.45) is 3.17. The maximum atomic E-state index is 14.0. The quantitative estimate of drug-likeness (QED) is 0.477. The van der Waals surface area contributed by atoms with Crippen LogP contribution in [0.5, 0.6) is 0 Å². The second-order valence-electron chi connectivity index (χ2n) is 7.98. The van der Waals surface area contributed by atoms with Gasteiger partial charge < -0.3 is 5.73 Å². The second kappa shape index (κ2) is 9.18. The van der Waals surface area contributed by atoms with Gasteiger partial charge in [-0.3, -0.25) is 9.78 Å². The summed E-state index contributed by atoms with van der Waals surface area (Å²) in [6, 6.07) is 19.9. The number of alkyl halides is 2. The van der Waals surface area contributed by atoms with Gasteiger partial charge in [0.2, 0.25) is 11.8 Å². The first-order valence-electron chi connectivity index (χ1n) is 10.3. The largest absolute Gasteiger partial charge is 0.369 e. The number of hydrogen-bond acceptors (Lipinski definition) is 3. The minimum atomic E-state index is -2.84. The summed E-state index contributed by atoms with van der Waals surface area (Å²) in [5, 5.41) is 0. The molecule has 2 aromatic carbocycles. The normalized spacial score (nSPS) is 20.3. The van der Waals surface area contributed by atoms with Gasteiger partial charge in [0.05, 0.1) is 5.92 Å². The molecule has 1 aromatic heterocycles.